The van der Waals surface area contributed by atoms with Crippen LogP contribution in [0.5, 0.6) is 0 Å². The van der Waals surface area contributed by atoms with Crippen LogP contribution in [0.3, 0.4) is 0 Å². The van der Waals surface area contributed by atoms with Gasteiger partial charge in [-0.15, -0.1) is 0 Å². The monoisotopic (exact) mass is 288 g/mol. The molecule has 0 bridgehead atoms. The normalized spacial score (nSPS) is 13.0. The smallest absolute Gasteiger partial charge is 0.337 e. The first-order chi connectivity index (χ1) is 8.81. The Bertz CT molecular complexity index is 570. The lowest BCUT2D eigenvalue weighted by Gasteiger charge is -2.13. The molecule has 0 saturated heterocycles. The number of carbonyl (C=O) groups is 1. The summed E-state index contributed by atoms with van der Waals surface area (Å²) in [5.74, 6) is -0.604. The van der Waals surface area contributed by atoms with Gasteiger partial charge in [0.1, 0.15) is 4.90 Å². The van der Waals surface area contributed by atoms with Crippen LogP contribution in [0.2, 0.25) is 0 Å². The number of esters is 1. The molecule has 0 saturated carbocycles. The Kier molecular flexibility index (Phi) is 4.87. The Morgan fingerprint density at radius 2 is 2.16 bits per heavy atom. The van der Waals surface area contributed by atoms with E-state index in [4.69, 9.17) is 10.8 Å². The average molecular weight is 288 g/mol. The largest absolute Gasteiger partial charge is 0.465 e. The van der Waals surface area contributed by atoms with Crippen LogP contribution in [0, 0.1) is 0 Å². The van der Waals surface area contributed by atoms with Crippen LogP contribution in [0.4, 0.5) is 5.69 Å². The number of methoxy groups -OCH3 is 1. The fraction of sp³-hybridized carbons (Fsp3) is 0.364. The van der Waals surface area contributed by atoms with Crippen LogP contribution in [-0.4, -0.2) is 39.3 Å². The summed E-state index contributed by atoms with van der Waals surface area (Å²) in [6, 6.07) is 3.11. The Morgan fingerprint density at radius 3 is 2.63 bits per heavy atom. The van der Waals surface area contributed by atoms with E-state index in [9.17, 15) is 13.2 Å². The van der Waals surface area contributed by atoms with Gasteiger partial charge in [-0.1, -0.05) is 0 Å². The van der Waals surface area contributed by atoms with Crippen LogP contribution in [0.15, 0.2) is 23.1 Å². The molecule has 0 aromatic heterocycles. The number of nitrogens with two attached hydrogens (primary N) is 1. The van der Waals surface area contributed by atoms with Crippen molar-refractivity contribution in [3.8, 4) is 0 Å². The third-order valence-electron chi connectivity index (χ3n) is 2.35. The average Bonchev–Trinajstić information content (AvgIpc) is 2.36. The quantitative estimate of drug-likeness (QED) is 0.506. The molecular weight excluding hydrogens is 272 g/mol. The summed E-state index contributed by atoms with van der Waals surface area (Å²) in [6.45, 7) is 1.18. The highest BCUT2D eigenvalue weighted by molar-refractivity contribution is 7.89. The van der Waals surface area contributed by atoms with E-state index in [0.717, 1.165) is 0 Å². The zero-order valence-corrected chi connectivity index (χ0v) is 11.4. The van der Waals surface area contributed by atoms with Crippen LogP contribution >= 0.6 is 0 Å². The molecule has 0 spiro atoms. The van der Waals surface area contributed by atoms with Crippen molar-refractivity contribution in [2.24, 2.45) is 0 Å². The summed E-state index contributed by atoms with van der Waals surface area (Å²) < 4.78 is 30.7. The molecule has 1 rings (SSSR count). The van der Waals surface area contributed by atoms with Gasteiger partial charge in [0, 0.05) is 6.04 Å². The molecule has 4 N–H and O–H groups in total. The van der Waals surface area contributed by atoms with Crippen LogP contribution in [-0.2, 0) is 14.8 Å². The van der Waals surface area contributed by atoms with Gasteiger partial charge in [-0.2, -0.15) is 0 Å². The van der Waals surface area contributed by atoms with Crippen molar-refractivity contribution >= 4 is 21.7 Å². The van der Waals surface area contributed by atoms with Crippen molar-refractivity contribution in [1.82, 2.24) is 4.72 Å². The number of carbonyl (C=O) groups excluding carboxylic acids is 1. The van der Waals surface area contributed by atoms with E-state index in [0.29, 0.717) is 0 Å². The van der Waals surface area contributed by atoms with Gasteiger partial charge in [-0.25, -0.2) is 17.9 Å². The Balaban J connectivity index is 3.12. The van der Waals surface area contributed by atoms with E-state index in [1.54, 1.807) is 0 Å². The van der Waals surface area contributed by atoms with Gasteiger partial charge >= 0.3 is 5.97 Å². The maximum absolute atomic E-state index is 12.0. The Labute approximate surface area is 111 Å². The highest BCUT2D eigenvalue weighted by Gasteiger charge is 2.20. The fourth-order valence-corrected chi connectivity index (χ4v) is 2.75. The van der Waals surface area contributed by atoms with Gasteiger partial charge in [-0.05, 0) is 25.1 Å². The molecule has 0 amide bonds. The molecule has 0 radical (unpaired) electrons. The predicted octanol–water partition coefficient (Wildman–Crippen LogP) is -0.286. The maximum atomic E-state index is 12.0. The lowest BCUT2D eigenvalue weighted by molar-refractivity contribution is 0.0600. The lowest BCUT2D eigenvalue weighted by Crippen LogP contribution is -2.35. The molecule has 0 heterocycles. The summed E-state index contributed by atoms with van der Waals surface area (Å²) in [7, 11) is -2.62. The van der Waals surface area contributed by atoms with Crippen molar-refractivity contribution in [1.29, 1.82) is 0 Å². The van der Waals surface area contributed by atoms with Crippen molar-refractivity contribution in [3.63, 3.8) is 0 Å². The van der Waals surface area contributed by atoms with Crippen LogP contribution < -0.4 is 10.5 Å². The second-order valence-corrected chi connectivity index (χ2v) is 5.63. The summed E-state index contributed by atoms with van der Waals surface area (Å²) >= 11 is 0. The standard InChI is InChI=1S/C11H16N2O5S/c1-7(6-14)13-19(16,17)10-4-3-8(5-9(10)12)11(15)18-2/h3-5,7,13-14H,6,12H2,1-2H3/t7-/m0/s1. The number of anilines is 1. The first kappa shape index (κ1) is 15.4. The Morgan fingerprint density at radius 1 is 1.53 bits per heavy atom. The van der Waals surface area contributed by atoms with Crippen molar-refractivity contribution < 1.29 is 23.1 Å². The molecule has 106 valence electrons. The van der Waals surface area contributed by atoms with E-state index in [1.165, 1.54) is 32.2 Å². The van der Waals surface area contributed by atoms with Gasteiger partial charge in [0.15, 0.2) is 0 Å². The maximum Gasteiger partial charge on any atom is 0.337 e. The van der Waals surface area contributed by atoms with Crippen molar-refractivity contribution in [2.45, 2.75) is 17.9 Å². The van der Waals surface area contributed by atoms with Crippen molar-refractivity contribution in [3.05, 3.63) is 23.8 Å². The number of aliphatic hydroxyl groups excluding tert-OH is 1. The molecule has 0 fully saturated rings. The molecule has 19 heavy (non-hydrogen) atoms. The Hall–Kier alpha value is -1.64. The number of nitrogens with one attached hydrogen (secondary N) is 1. The predicted molar refractivity (Wildman–Crippen MR) is 69.1 cm³/mol. The molecule has 7 nitrogen and oxygen atoms in total. The van der Waals surface area contributed by atoms with Gasteiger partial charge < -0.3 is 15.6 Å². The number of hydrogen-bond donors (Lipinski definition) is 3. The van der Waals surface area contributed by atoms with E-state index >= 15 is 0 Å². The minimum atomic E-state index is -3.84. The number of hydrogen-bond acceptors (Lipinski definition) is 6. The second-order valence-electron chi connectivity index (χ2n) is 3.95. The lowest BCUT2D eigenvalue weighted by atomic mass is 10.2. The summed E-state index contributed by atoms with van der Waals surface area (Å²) in [6.07, 6.45) is 0. The first-order valence-electron chi connectivity index (χ1n) is 5.43. The van der Waals surface area contributed by atoms with Gasteiger partial charge in [0.2, 0.25) is 10.0 Å². The molecule has 1 atom stereocenters. The number of rotatable bonds is 5. The number of benzene rings is 1. The number of ether oxygens (including phenoxy) is 1. The first-order valence-corrected chi connectivity index (χ1v) is 6.91. The molecule has 0 unspecified atom stereocenters. The minimum Gasteiger partial charge on any atom is -0.465 e. The molecule has 8 heteroatoms. The number of sulfonamides is 1. The minimum absolute atomic E-state index is 0.0689. The number of nitrogen functional groups attached to an aromatic ring is 1. The SMILES string of the molecule is COC(=O)c1ccc(S(=O)(=O)N[C@@H](C)CO)c(N)c1. The van der Waals surface area contributed by atoms with Crippen molar-refractivity contribution in [2.75, 3.05) is 19.5 Å². The van der Waals surface area contributed by atoms with Crippen LogP contribution in [0.25, 0.3) is 0 Å². The van der Waals surface area contributed by atoms with Gasteiger partial charge in [-0.3, -0.25) is 0 Å². The zero-order chi connectivity index (χ0) is 14.6. The molecule has 1 aromatic carbocycles. The van der Waals surface area contributed by atoms with E-state index in [1.807, 2.05) is 0 Å². The van der Waals surface area contributed by atoms with E-state index in [-0.39, 0.29) is 22.8 Å². The summed E-state index contributed by atoms with van der Waals surface area (Å²) in [5, 5.41) is 8.84. The van der Waals surface area contributed by atoms with Gasteiger partial charge in [0.25, 0.3) is 0 Å². The fourth-order valence-electron chi connectivity index (χ4n) is 1.40. The van der Waals surface area contributed by atoms with E-state index in [2.05, 4.69) is 9.46 Å². The number of aliphatic hydroxyl groups is 1. The third-order valence-corrected chi connectivity index (χ3v) is 4.01. The van der Waals surface area contributed by atoms with E-state index < -0.39 is 22.0 Å². The molecule has 0 aliphatic rings. The molecular formula is C11H16N2O5S. The van der Waals surface area contributed by atoms with Crippen LogP contribution in [0.1, 0.15) is 17.3 Å². The highest BCUT2D eigenvalue weighted by Crippen LogP contribution is 2.20. The second kappa shape index (κ2) is 6.00. The molecule has 0 aliphatic carbocycles. The topological polar surface area (TPSA) is 119 Å². The molecule has 1 aromatic rings. The highest BCUT2D eigenvalue weighted by atomic mass is 32.2. The third kappa shape index (κ3) is 3.66. The zero-order valence-electron chi connectivity index (χ0n) is 10.6. The summed E-state index contributed by atoms with van der Waals surface area (Å²) in [4.78, 5) is 11.1. The summed E-state index contributed by atoms with van der Waals surface area (Å²) in [5.41, 5.74) is 5.72. The van der Waals surface area contributed by atoms with Gasteiger partial charge in [0.05, 0.1) is 25.0 Å². The molecule has 0 aliphatic heterocycles.